The van der Waals surface area contributed by atoms with Gasteiger partial charge >= 0.3 is 5.97 Å². The fourth-order valence-electron chi connectivity index (χ4n) is 4.61. The number of hydrogen-bond acceptors (Lipinski definition) is 5. The predicted molar refractivity (Wildman–Crippen MR) is 101 cm³/mol. The van der Waals surface area contributed by atoms with Gasteiger partial charge in [0.1, 0.15) is 11.8 Å². The van der Waals surface area contributed by atoms with Crippen LogP contribution in [-0.2, 0) is 14.4 Å². The van der Waals surface area contributed by atoms with Gasteiger partial charge in [-0.3, -0.25) is 9.59 Å². The highest BCUT2D eigenvalue weighted by Crippen LogP contribution is 2.42. The molecule has 1 spiro atoms. The van der Waals surface area contributed by atoms with E-state index in [0.717, 1.165) is 25.9 Å². The van der Waals surface area contributed by atoms with Crippen molar-refractivity contribution in [1.82, 2.24) is 10.2 Å². The van der Waals surface area contributed by atoms with Crippen LogP contribution in [0.2, 0.25) is 0 Å². The van der Waals surface area contributed by atoms with Crippen LogP contribution in [0.3, 0.4) is 0 Å². The third-order valence-electron chi connectivity index (χ3n) is 6.14. The van der Waals surface area contributed by atoms with Crippen LogP contribution in [0, 0.1) is 5.41 Å². The summed E-state index contributed by atoms with van der Waals surface area (Å²) in [7, 11) is 0. The van der Waals surface area contributed by atoms with Crippen LogP contribution < -0.4 is 15.0 Å². The van der Waals surface area contributed by atoms with Gasteiger partial charge in [0, 0.05) is 19.5 Å². The largest absolute Gasteiger partial charge is 0.482 e. The normalized spacial score (nSPS) is 23.4. The lowest BCUT2D eigenvalue weighted by Gasteiger charge is -2.33. The van der Waals surface area contributed by atoms with Gasteiger partial charge in [-0.05, 0) is 49.9 Å². The number of amides is 2. The van der Waals surface area contributed by atoms with Crippen molar-refractivity contribution in [3.63, 3.8) is 0 Å². The first-order valence-electron chi connectivity index (χ1n) is 9.74. The lowest BCUT2D eigenvalue weighted by Crippen LogP contribution is -2.45. The Morgan fingerprint density at radius 1 is 1.25 bits per heavy atom. The minimum atomic E-state index is -0.948. The van der Waals surface area contributed by atoms with Crippen LogP contribution in [0.25, 0.3) is 0 Å². The fraction of sp³-hybridized carbons (Fsp3) is 0.550. The van der Waals surface area contributed by atoms with E-state index in [1.54, 1.807) is 17.0 Å². The summed E-state index contributed by atoms with van der Waals surface area (Å²) in [5.41, 5.74) is 0.545. The van der Waals surface area contributed by atoms with E-state index in [0.29, 0.717) is 24.4 Å². The summed E-state index contributed by atoms with van der Waals surface area (Å²) in [5.74, 6) is -0.735. The predicted octanol–water partition coefficient (Wildman–Crippen LogP) is 0.857. The lowest BCUT2D eigenvalue weighted by atomic mass is 9.77. The second-order valence-electron chi connectivity index (χ2n) is 7.88. The van der Waals surface area contributed by atoms with Crippen molar-refractivity contribution in [3.8, 4) is 5.75 Å². The number of anilines is 1. The number of aliphatic carboxylic acids is 1. The van der Waals surface area contributed by atoms with Crippen molar-refractivity contribution < 1.29 is 24.2 Å². The molecular weight excluding hydrogens is 362 g/mol. The van der Waals surface area contributed by atoms with Crippen LogP contribution >= 0.6 is 0 Å². The standard InChI is InChI=1S/C20H25N3O5/c24-17(5-10-22-14-3-1-2-4-16(14)28-12-18(22)25)23-13-20(6-8-21-9-7-20)11-15(23)19(26)27/h1-4,15,21H,5-13H2,(H,26,27)/t15-/m0/s1. The number of fused-ring (bicyclic) bond motifs is 1. The Kier molecular flexibility index (Phi) is 4.97. The van der Waals surface area contributed by atoms with Crippen molar-refractivity contribution >= 4 is 23.5 Å². The molecule has 4 rings (SSSR count). The van der Waals surface area contributed by atoms with Gasteiger partial charge in [0.15, 0.2) is 6.61 Å². The van der Waals surface area contributed by atoms with Crippen LogP contribution in [0.4, 0.5) is 5.69 Å². The molecule has 2 N–H and O–H groups in total. The summed E-state index contributed by atoms with van der Waals surface area (Å²) in [4.78, 5) is 40.1. The minimum absolute atomic E-state index is 0.0528. The van der Waals surface area contributed by atoms with Crippen molar-refractivity contribution in [2.45, 2.75) is 31.7 Å². The number of nitrogens with one attached hydrogen (secondary N) is 1. The first-order chi connectivity index (χ1) is 13.5. The average molecular weight is 387 g/mol. The van der Waals surface area contributed by atoms with E-state index in [2.05, 4.69) is 5.32 Å². The van der Waals surface area contributed by atoms with Crippen molar-refractivity contribution in [2.75, 3.05) is 37.7 Å². The highest BCUT2D eigenvalue weighted by molar-refractivity contribution is 5.98. The number of para-hydroxylation sites is 2. The number of benzene rings is 1. The van der Waals surface area contributed by atoms with E-state index in [9.17, 15) is 19.5 Å². The minimum Gasteiger partial charge on any atom is -0.482 e. The Morgan fingerprint density at radius 3 is 2.75 bits per heavy atom. The maximum atomic E-state index is 12.9. The quantitative estimate of drug-likeness (QED) is 0.795. The molecule has 2 fully saturated rings. The summed E-state index contributed by atoms with van der Waals surface area (Å²) in [6, 6.07) is 6.45. The second kappa shape index (κ2) is 7.43. The highest BCUT2D eigenvalue weighted by atomic mass is 16.5. The molecule has 2 saturated heterocycles. The van der Waals surface area contributed by atoms with E-state index >= 15 is 0 Å². The van der Waals surface area contributed by atoms with E-state index < -0.39 is 12.0 Å². The molecule has 3 aliphatic heterocycles. The summed E-state index contributed by atoms with van der Waals surface area (Å²) < 4.78 is 5.43. The maximum Gasteiger partial charge on any atom is 0.326 e. The van der Waals surface area contributed by atoms with Crippen LogP contribution in [-0.4, -0.2) is 66.6 Å². The van der Waals surface area contributed by atoms with E-state index in [1.165, 1.54) is 4.90 Å². The molecule has 1 atom stereocenters. The number of rotatable bonds is 4. The number of carboxylic acids is 1. The number of carbonyl (C=O) groups is 3. The summed E-state index contributed by atoms with van der Waals surface area (Å²) in [5, 5.41) is 12.9. The molecule has 0 aromatic heterocycles. The molecular formula is C20H25N3O5. The zero-order valence-corrected chi connectivity index (χ0v) is 15.7. The molecule has 8 nitrogen and oxygen atoms in total. The van der Waals surface area contributed by atoms with Gasteiger partial charge in [0.05, 0.1) is 5.69 Å². The average Bonchev–Trinajstić information content (AvgIpc) is 3.07. The lowest BCUT2D eigenvalue weighted by molar-refractivity contribution is -0.148. The third-order valence-corrected chi connectivity index (χ3v) is 6.14. The smallest absolute Gasteiger partial charge is 0.326 e. The van der Waals surface area contributed by atoms with E-state index in [1.807, 2.05) is 12.1 Å². The van der Waals surface area contributed by atoms with Crippen LogP contribution in [0.1, 0.15) is 25.7 Å². The molecule has 0 bridgehead atoms. The Bertz CT molecular complexity index is 790. The highest BCUT2D eigenvalue weighted by Gasteiger charge is 2.48. The molecule has 0 unspecified atom stereocenters. The Labute approximate surface area is 163 Å². The first kappa shape index (κ1) is 18.7. The molecule has 0 aliphatic carbocycles. The zero-order valence-electron chi connectivity index (χ0n) is 15.7. The SMILES string of the molecule is O=C(O)[C@@H]1CC2(CCNCC2)CN1C(=O)CCN1C(=O)COc2ccccc21. The van der Waals surface area contributed by atoms with E-state index in [4.69, 9.17) is 4.74 Å². The summed E-state index contributed by atoms with van der Waals surface area (Å²) >= 11 is 0. The van der Waals surface area contributed by atoms with Gasteiger partial charge in [-0.1, -0.05) is 12.1 Å². The van der Waals surface area contributed by atoms with Crippen molar-refractivity contribution in [1.29, 1.82) is 0 Å². The molecule has 3 heterocycles. The second-order valence-corrected chi connectivity index (χ2v) is 7.88. The van der Waals surface area contributed by atoms with Crippen LogP contribution in [0.15, 0.2) is 24.3 Å². The Hall–Kier alpha value is -2.61. The Balaban J connectivity index is 1.46. The fourth-order valence-corrected chi connectivity index (χ4v) is 4.61. The van der Waals surface area contributed by atoms with Gasteiger partial charge in [0.2, 0.25) is 5.91 Å². The molecule has 0 radical (unpaired) electrons. The summed E-state index contributed by atoms with van der Waals surface area (Å²) in [6.45, 7) is 2.36. The molecule has 0 saturated carbocycles. The molecule has 3 aliphatic rings. The van der Waals surface area contributed by atoms with Gasteiger partial charge < -0.3 is 25.0 Å². The molecule has 28 heavy (non-hydrogen) atoms. The topological polar surface area (TPSA) is 99.2 Å². The number of likely N-dealkylation sites (tertiary alicyclic amines) is 1. The number of piperidine rings is 1. The monoisotopic (exact) mass is 387 g/mol. The van der Waals surface area contributed by atoms with Gasteiger partial charge in [0.25, 0.3) is 5.91 Å². The van der Waals surface area contributed by atoms with Crippen LogP contribution in [0.5, 0.6) is 5.75 Å². The number of hydrogen-bond donors (Lipinski definition) is 2. The van der Waals surface area contributed by atoms with Gasteiger partial charge in [-0.15, -0.1) is 0 Å². The van der Waals surface area contributed by atoms with Gasteiger partial charge in [-0.25, -0.2) is 4.79 Å². The van der Waals surface area contributed by atoms with Crippen molar-refractivity contribution in [3.05, 3.63) is 24.3 Å². The number of carboxylic acid groups (broad SMARTS) is 1. The third kappa shape index (κ3) is 3.44. The maximum absolute atomic E-state index is 12.9. The molecule has 2 amide bonds. The molecule has 1 aromatic rings. The number of carbonyl (C=O) groups excluding carboxylic acids is 2. The molecule has 8 heteroatoms. The zero-order chi connectivity index (χ0) is 19.7. The van der Waals surface area contributed by atoms with E-state index in [-0.39, 0.29) is 36.8 Å². The Morgan fingerprint density at radius 2 is 2.00 bits per heavy atom. The number of ether oxygens (including phenoxy) is 1. The van der Waals surface area contributed by atoms with Crippen molar-refractivity contribution in [2.24, 2.45) is 5.41 Å². The molecule has 150 valence electrons. The molecule has 1 aromatic carbocycles. The summed E-state index contributed by atoms with van der Waals surface area (Å²) in [6.07, 6.45) is 2.37. The number of nitrogens with zero attached hydrogens (tertiary/aromatic N) is 2. The van der Waals surface area contributed by atoms with Gasteiger partial charge in [-0.2, -0.15) is 0 Å². The first-order valence-corrected chi connectivity index (χ1v) is 9.74.